The summed E-state index contributed by atoms with van der Waals surface area (Å²) in [4.78, 5) is 22.6. The zero-order valence-corrected chi connectivity index (χ0v) is 11.8. The number of carbonyl (C=O) groups excluding carboxylic acids is 2. The fourth-order valence-electron chi connectivity index (χ4n) is 1.85. The van der Waals surface area contributed by atoms with Crippen molar-refractivity contribution in [1.29, 1.82) is 0 Å². The molecule has 0 saturated carbocycles. The third kappa shape index (κ3) is 3.60. The Morgan fingerprint density at radius 2 is 1.82 bits per heavy atom. The van der Waals surface area contributed by atoms with E-state index in [-0.39, 0.29) is 12.2 Å². The van der Waals surface area contributed by atoms with Gasteiger partial charge < -0.3 is 15.2 Å². The summed E-state index contributed by atoms with van der Waals surface area (Å²) in [5, 5.41) is 0. The smallest absolute Gasteiger partial charge is 0.338 e. The minimum atomic E-state index is -0.637. The Morgan fingerprint density at radius 1 is 1.14 bits per heavy atom. The lowest BCUT2D eigenvalue weighted by molar-refractivity contribution is 0.0597. The van der Waals surface area contributed by atoms with Crippen LogP contribution in [0.2, 0.25) is 0 Å². The minimum Gasteiger partial charge on any atom is -0.489 e. The lowest BCUT2D eigenvalue weighted by atomic mass is 10.1. The first-order valence-corrected chi connectivity index (χ1v) is 6.40. The molecule has 0 aromatic heterocycles. The number of amides is 1. The predicted octanol–water partition coefficient (Wildman–Crippen LogP) is 2.29. The van der Waals surface area contributed by atoms with Crippen LogP contribution < -0.4 is 10.5 Å². The van der Waals surface area contributed by atoms with E-state index in [0.717, 1.165) is 6.07 Å². The average molecular weight is 303 g/mol. The second-order valence-electron chi connectivity index (χ2n) is 4.47. The Hall–Kier alpha value is -2.89. The van der Waals surface area contributed by atoms with Crippen molar-refractivity contribution in [1.82, 2.24) is 0 Å². The molecule has 0 aliphatic rings. The second-order valence-corrected chi connectivity index (χ2v) is 4.47. The average Bonchev–Trinajstić information content (AvgIpc) is 2.53. The van der Waals surface area contributed by atoms with Gasteiger partial charge in [0.05, 0.1) is 12.7 Å². The van der Waals surface area contributed by atoms with Crippen molar-refractivity contribution >= 4 is 11.9 Å². The number of hydrogen-bond donors (Lipinski definition) is 1. The van der Waals surface area contributed by atoms with Gasteiger partial charge in [-0.25, -0.2) is 9.18 Å². The van der Waals surface area contributed by atoms with Crippen LogP contribution >= 0.6 is 0 Å². The predicted molar refractivity (Wildman–Crippen MR) is 77.0 cm³/mol. The van der Waals surface area contributed by atoms with Crippen LogP contribution in [0.5, 0.6) is 5.75 Å². The zero-order chi connectivity index (χ0) is 16.1. The molecule has 0 saturated heterocycles. The quantitative estimate of drug-likeness (QED) is 0.860. The number of benzene rings is 2. The number of esters is 1. The van der Waals surface area contributed by atoms with E-state index in [1.54, 1.807) is 12.1 Å². The first-order valence-electron chi connectivity index (χ1n) is 6.40. The maximum atomic E-state index is 13.2. The third-order valence-electron chi connectivity index (χ3n) is 3.01. The van der Waals surface area contributed by atoms with Gasteiger partial charge >= 0.3 is 5.97 Å². The normalized spacial score (nSPS) is 10.1. The Balaban J connectivity index is 2.14. The van der Waals surface area contributed by atoms with E-state index in [0.29, 0.717) is 16.9 Å². The molecule has 0 aliphatic heterocycles. The largest absolute Gasteiger partial charge is 0.489 e. The Morgan fingerprint density at radius 3 is 2.41 bits per heavy atom. The van der Waals surface area contributed by atoms with Crippen molar-refractivity contribution in [2.24, 2.45) is 5.73 Å². The van der Waals surface area contributed by atoms with Crippen LogP contribution in [-0.2, 0) is 11.3 Å². The molecule has 2 aromatic rings. The van der Waals surface area contributed by atoms with Gasteiger partial charge in [-0.15, -0.1) is 0 Å². The molecule has 1 amide bonds. The topological polar surface area (TPSA) is 78.6 Å². The molecule has 22 heavy (non-hydrogen) atoms. The summed E-state index contributed by atoms with van der Waals surface area (Å²) in [6, 6.07) is 10.0. The van der Waals surface area contributed by atoms with E-state index in [9.17, 15) is 14.0 Å². The molecule has 2 rings (SSSR count). The Labute approximate surface area is 126 Å². The monoisotopic (exact) mass is 303 g/mol. The highest BCUT2D eigenvalue weighted by atomic mass is 19.1. The van der Waals surface area contributed by atoms with Crippen LogP contribution in [0.25, 0.3) is 0 Å². The SMILES string of the molecule is COC(=O)c1cc(F)ccc1COc1ccc(C(N)=O)cc1. The van der Waals surface area contributed by atoms with Gasteiger partial charge in [0.15, 0.2) is 0 Å². The van der Waals surface area contributed by atoms with Crippen molar-refractivity contribution < 1.29 is 23.5 Å². The van der Waals surface area contributed by atoms with Crippen molar-refractivity contribution in [3.8, 4) is 5.75 Å². The Kier molecular flexibility index (Phi) is 4.73. The standard InChI is InChI=1S/C16H14FNO4/c1-21-16(20)14-8-12(17)5-2-11(14)9-22-13-6-3-10(4-7-13)15(18)19/h2-8H,9H2,1H3,(H2,18,19). The van der Waals surface area contributed by atoms with E-state index in [2.05, 4.69) is 4.74 Å². The van der Waals surface area contributed by atoms with Gasteiger partial charge in [0.2, 0.25) is 5.91 Å². The van der Waals surface area contributed by atoms with Crippen LogP contribution in [0.1, 0.15) is 26.3 Å². The number of rotatable bonds is 5. The van der Waals surface area contributed by atoms with Gasteiger partial charge in [0, 0.05) is 11.1 Å². The van der Waals surface area contributed by atoms with Crippen LogP contribution in [-0.4, -0.2) is 19.0 Å². The molecule has 0 spiro atoms. The summed E-state index contributed by atoms with van der Waals surface area (Å²) < 4.78 is 23.4. The fourth-order valence-corrected chi connectivity index (χ4v) is 1.85. The molecular weight excluding hydrogens is 289 g/mol. The number of methoxy groups -OCH3 is 1. The number of carbonyl (C=O) groups is 2. The summed E-state index contributed by atoms with van der Waals surface area (Å²) in [7, 11) is 1.22. The summed E-state index contributed by atoms with van der Waals surface area (Å²) in [6.07, 6.45) is 0. The van der Waals surface area contributed by atoms with E-state index in [1.807, 2.05) is 0 Å². The molecule has 2 aromatic carbocycles. The third-order valence-corrected chi connectivity index (χ3v) is 3.01. The van der Waals surface area contributed by atoms with Gasteiger partial charge in [-0.1, -0.05) is 6.07 Å². The molecule has 0 aliphatic carbocycles. The van der Waals surface area contributed by atoms with E-state index in [1.165, 1.54) is 31.4 Å². The summed E-state index contributed by atoms with van der Waals surface area (Å²) >= 11 is 0. The van der Waals surface area contributed by atoms with Crippen LogP contribution in [0.3, 0.4) is 0 Å². The molecule has 0 fully saturated rings. The van der Waals surface area contributed by atoms with Gasteiger partial charge in [-0.05, 0) is 36.4 Å². The zero-order valence-electron chi connectivity index (χ0n) is 11.8. The maximum absolute atomic E-state index is 13.2. The van der Waals surface area contributed by atoms with Crippen molar-refractivity contribution in [2.45, 2.75) is 6.61 Å². The van der Waals surface area contributed by atoms with Gasteiger partial charge in [-0.3, -0.25) is 4.79 Å². The van der Waals surface area contributed by atoms with Crippen LogP contribution in [0, 0.1) is 5.82 Å². The molecule has 5 nitrogen and oxygen atoms in total. The fraction of sp³-hybridized carbons (Fsp3) is 0.125. The number of ether oxygens (including phenoxy) is 2. The molecule has 2 N–H and O–H groups in total. The summed E-state index contributed by atoms with van der Waals surface area (Å²) in [5.74, 6) is -1.21. The van der Waals surface area contributed by atoms with Gasteiger partial charge in [0.1, 0.15) is 18.2 Å². The molecule has 0 heterocycles. The van der Waals surface area contributed by atoms with Crippen molar-refractivity contribution in [3.05, 3.63) is 65.0 Å². The van der Waals surface area contributed by atoms with Crippen LogP contribution in [0.15, 0.2) is 42.5 Å². The number of hydrogen-bond acceptors (Lipinski definition) is 4. The number of primary amides is 1. The lowest BCUT2D eigenvalue weighted by Crippen LogP contribution is -2.10. The summed E-state index contributed by atoms with van der Waals surface area (Å²) in [5.41, 5.74) is 6.11. The van der Waals surface area contributed by atoms with Gasteiger partial charge in [-0.2, -0.15) is 0 Å². The Bertz CT molecular complexity index is 698. The van der Waals surface area contributed by atoms with E-state index in [4.69, 9.17) is 10.5 Å². The van der Waals surface area contributed by atoms with Crippen molar-refractivity contribution in [3.63, 3.8) is 0 Å². The molecule has 0 unspecified atom stereocenters. The maximum Gasteiger partial charge on any atom is 0.338 e. The highest BCUT2D eigenvalue weighted by molar-refractivity contribution is 5.92. The minimum absolute atomic E-state index is 0.0562. The first kappa shape index (κ1) is 15.5. The van der Waals surface area contributed by atoms with Crippen LogP contribution in [0.4, 0.5) is 4.39 Å². The first-order chi connectivity index (χ1) is 10.5. The van der Waals surface area contributed by atoms with E-state index < -0.39 is 17.7 Å². The highest BCUT2D eigenvalue weighted by Gasteiger charge is 2.13. The molecule has 0 bridgehead atoms. The number of halogens is 1. The molecule has 0 atom stereocenters. The molecule has 0 radical (unpaired) electrons. The highest BCUT2D eigenvalue weighted by Crippen LogP contribution is 2.17. The second kappa shape index (κ2) is 6.71. The van der Waals surface area contributed by atoms with E-state index >= 15 is 0 Å². The lowest BCUT2D eigenvalue weighted by Gasteiger charge is -2.10. The molecule has 114 valence electrons. The summed E-state index contributed by atoms with van der Waals surface area (Å²) in [6.45, 7) is 0.0562. The van der Waals surface area contributed by atoms with Crippen molar-refractivity contribution in [2.75, 3.05) is 7.11 Å². The number of nitrogens with two attached hydrogens (primary N) is 1. The van der Waals surface area contributed by atoms with Gasteiger partial charge in [0.25, 0.3) is 0 Å². The molecule has 6 heteroatoms. The molecular formula is C16H14FNO4.